The fraction of sp³-hybridized carbons (Fsp3) is 0.333. The fourth-order valence-electron chi connectivity index (χ4n) is 1.13. The first-order valence-electron chi connectivity index (χ1n) is 5.14. The van der Waals surface area contributed by atoms with Crippen molar-refractivity contribution in [3.8, 4) is 0 Å². The summed E-state index contributed by atoms with van der Waals surface area (Å²) in [4.78, 5) is 22.2. The summed E-state index contributed by atoms with van der Waals surface area (Å²) < 4.78 is 4.93. The largest absolute Gasteiger partial charge is 0.460 e. The lowest BCUT2D eigenvalue weighted by Crippen LogP contribution is -2.10. The summed E-state index contributed by atoms with van der Waals surface area (Å²) in [5, 5.41) is 0.854. The minimum absolute atomic E-state index is 0.0900. The summed E-state index contributed by atoms with van der Waals surface area (Å²) >= 11 is 11.6. The van der Waals surface area contributed by atoms with Gasteiger partial charge >= 0.3 is 5.97 Å². The van der Waals surface area contributed by atoms with Crippen LogP contribution in [0.2, 0.25) is 10.0 Å². The molecule has 0 unspecified atom stereocenters. The van der Waals surface area contributed by atoms with Crippen molar-refractivity contribution in [2.75, 3.05) is 0 Å². The highest BCUT2D eigenvalue weighted by molar-refractivity contribution is 6.42. The molecule has 0 N–H and O–H groups in total. The Hall–Kier alpha value is -1.06. The van der Waals surface area contributed by atoms with Crippen LogP contribution in [0.25, 0.3) is 0 Å². The van der Waals surface area contributed by atoms with Crippen LogP contribution in [-0.2, 0) is 20.9 Å². The van der Waals surface area contributed by atoms with E-state index in [0.717, 1.165) is 5.56 Å². The van der Waals surface area contributed by atoms with E-state index >= 15 is 0 Å². The van der Waals surface area contributed by atoms with E-state index in [4.69, 9.17) is 27.9 Å². The van der Waals surface area contributed by atoms with E-state index in [1.807, 2.05) is 0 Å². The Morgan fingerprint density at radius 1 is 1.24 bits per heavy atom. The number of Topliss-reactive ketones (excluding diaryl/α,β-unsaturated/α-hetero) is 1. The summed E-state index contributed by atoms with van der Waals surface area (Å²) in [5.74, 6) is -0.660. The fourth-order valence-corrected chi connectivity index (χ4v) is 1.45. The van der Waals surface area contributed by atoms with E-state index in [2.05, 4.69) is 0 Å². The minimum atomic E-state index is -0.525. The second kappa shape index (κ2) is 6.62. The molecular weight excluding hydrogens is 263 g/mol. The number of halogens is 2. The van der Waals surface area contributed by atoms with Crippen molar-refractivity contribution >= 4 is 35.0 Å². The van der Waals surface area contributed by atoms with Gasteiger partial charge in [0.05, 0.1) is 10.0 Å². The van der Waals surface area contributed by atoms with Gasteiger partial charge in [-0.05, 0) is 17.7 Å². The van der Waals surface area contributed by atoms with Crippen LogP contribution in [0.15, 0.2) is 18.2 Å². The standard InChI is InChI=1S/C12H12Cl2O3/c1-2-9(15)6-12(16)17-7-8-3-4-10(13)11(14)5-8/h3-5H,2,6-7H2,1H3. The highest BCUT2D eigenvalue weighted by Gasteiger charge is 2.09. The molecule has 0 aromatic heterocycles. The highest BCUT2D eigenvalue weighted by Crippen LogP contribution is 2.22. The molecule has 0 bridgehead atoms. The van der Waals surface area contributed by atoms with Crippen LogP contribution in [0, 0.1) is 0 Å². The van der Waals surface area contributed by atoms with Gasteiger partial charge in [-0.1, -0.05) is 36.2 Å². The van der Waals surface area contributed by atoms with Gasteiger partial charge in [0.15, 0.2) is 0 Å². The van der Waals surface area contributed by atoms with E-state index in [1.165, 1.54) is 0 Å². The van der Waals surface area contributed by atoms with Crippen LogP contribution in [-0.4, -0.2) is 11.8 Å². The average molecular weight is 275 g/mol. The number of carbonyl (C=O) groups excluding carboxylic acids is 2. The van der Waals surface area contributed by atoms with E-state index in [0.29, 0.717) is 16.5 Å². The van der Waals surface area contributed by atoms with Gasteiger partial charge in [-0.15, -0.1) is 0 Å². The lowest BCUT2D eigenvalue weighted by atomic mass is 10.2. The smallest absolute Gasteiger partial charge is 0.313 e. The molecule has 3 nitrogen and oxygen atoms in total. The molecule has 1 rings (SSSR count). The summed E-state index contributed by atoms with van der Waals surface area (Å²) in [7, 11) is 0. The summed E-state index contributed by atoms with van der Waals surface area (Å²) in [6.45, 7) is 1.79. The monoisotopic (exact) mass is 274 g/mol. The molecule has 0 saturated carbocycles. The Morgan fingerprint density at radius 3 is 2.53 bits per heavy atom. The second-order valence-electron chi connectivity index (χ2n) is 3.48. The third kappa shape index (κ3) is 4.75. The Labute approximate surface area is 110 Å². The second-order valence-corrected chi connectivity index (χ2v) is 4.29. The van der Waals surface area contributed by atoms with Crippen LogP contribution < -0.4 is 0 Å². The van der Waals surface area contributed by atoms with Gasteiger partial charge in [0.2, 0.25) is 0 Å². The van der Waals surface area contributed by atoms with Crippen molar-refractivity contribution in [2.24, 2.45) is 0 Å². The maximum absolute atomic E-state index is 11.2. The van der Waals surface area contributed by atoms with Crippen molar-refractivity contribution in [1.29, 1.82) is 0 Å². The number of carbonyl (C=O) groups is 2. The van der Waals surface area contributed by atoms with Gasteiger partial charge in [-0.3, -0.25) is 9.59 Å². The zero-order chi connectivity index (χ0) is 12.8. The van der Waals surface area contributed by atoms with E-state index in [9.17, 15) is 9.59 Å². The summed E-state index contributed by atoms with van der Waals surface area (Å²) in [5.41, 5.74) is 0.733. The topological polar surface area (TPSA) is 43.4 Å². The first-order chi connectivity index (χ1) is 8.02. The molecule has 0 spiro atoms. The van der Waals surface area contributed by atoms with Gasteiger partial charge < -0.3 is 4.74 Å². The first kappa shape index (κ1) is 14.0. The van der Waals surface area contributed by atoms with E-state index < -0.39 is 5.97 Å². The SMILES string of the molecule is CCC(=O)CC(=O)OCc1ccc(Cl)c(Cl)c1. The number of rotatable bonds is 5. The number of ether oxygens (including phenoxy) is 1. The average Bonchev–Trinajstić information content (AvgIpc) is 2.30. The molecule has 92 valence electrons. The quantitative estimate of drug-likeness (QED) is 0.611. The predicted molar refractivity (Wildman–Crippen MR) is 66.2 cm³/mol. The molecule has 0 saturated heterocycles. The molecule has 1 aromatic carbocycles. The van der Waals surface area contributed by atoms with Gasteiger partial charge in [0, 0.05) is 6.42 Å². The maximum Gasteiger partial charge on any atom is 0.313 e. The van der Waals surface area contributed by atoms with E-state index in [1.54, 1.807) is 25.1 Å². The predicted octanol–water partition coefficient (Wildman–Crippen LogP) is 3.41. The van der Waals surface area contributed by atoms with Crippen molar-refractivity contribution in [2.45, 2.75) is 26.4 Å². The lowest BCUT2D eigenvalue weighted by Gasteiger charge is -2.05. The molecule has 5 heteroatoms. The number of ketones is 1. The Kier molecular flexibility index (Phi) is 5.45. The van der Waals surface area contributed by atoms with Gasteiger partial charge in [-0.2, -0.15) is 0 Å². The Bertz CT molecular complexity index is 430. The molecule has 0 radical (unpaired) electrons. The molecule has 0 fully saturated rings. The van der Waals surface area contributed by atoms with Crippen molar-refractivity contribution in [3.63, 3.8) is 0 Å². The lowest BCUT2D eigenvalue weighted by molar-refractivity contribution is -0.147. The molecule has 0 heterocycles. The highest BCUT2D eigenvalue weighted by atomic mass is 35.5. The Balaban J connectivity index is 2.47. The van der Waals surface area contributed by atoms with Crippen LogP contribution in [0.4, 0.5) is 0 Å². The van der Waals surface area contributed by atoms with Gasteiger partial charge in [0.25, 0.3) is 0 Å². The summed E-state index contributed by atoms with van der Waals surface area (Å²) in [6, 6.07) is 4.96. The van der Waals surface area contributed by atoms with Crippen molar-refractivity contribution < 1.29 is 14.3 Å². The normalized spacial score (nSPS) is 10.1. The molecular formula is C12H12Cl2O3. The van der Waals surface area contributed by atoms with Crippen molar-refractivity contribution in [3.05, 3.63) is 33.8 Å². The maximum atomic E-state index is 11.2. The number of esters is 1. The molecule has 0 atom stereocenters. The molecule has 1 aromatic rings. The zero-order valence-electron chi connectivity index (χ0n) is 9.33. The number of hydrogen-bond acceptors (Lipinski definition) is 3. The summed E-state index contributed by atoms with van der Waals surface area (Å²) in [6.07, 6.45) is 0.152. The molecule has 0 aliphatic heterocycles. The first-order valence-corrected chi connectivity index (χ1v) is 5.89. The van der Waals surface area contributed by atoms with E-state index in [-0.39, 0.29) is 18.8 Å². The molecule has 17 heavy (non-hydrogen) atoms. The van der Waals surface area contributed by atoms with Crippen LogP contribution in [0.3, 0.4) is 0 Å². The number of benzene rings is 1. The van der Waals surface area contributed by atoms with Crippen LogP contribution in [0.1, 0.15) is 25.3 Å². The molecule has 0 amide bonds. The third-order valence-electron chi connectivity index (χ3n) is 2.12. The van der Waals surface area contributed by atoms with Crippen molar-refractivity contribution in [1.82, 2.24) is 0 Å². The minimum Gasteiger partial charge on any atom is -0.460 e. The van der Waals surface area contributed by atoms with Crippen LogP contribution >= 0.6 is 23.2 Å². The van der Waals surface area contributed by atoms with Gasteiger partial charge in [-0.25, -0.2) is 0 Å². The number of hydrogen-bond donors (Lipinski definition) is 0. The zero-order valence-corrected chi connectivity index (χ0v) is 10.8. The van der Waals surface area contributed by atoms with Gasteiger partial charge in [0.1, 0.15) is 18.8 Å². The molecule has 0 aliphatic carbocycles. The van der Waals surface area contributed by atoms with Crippen LogP contribution in [0.5, 0.6) is 0 Å². The Morgan fingerprint density at radius 2 is 1.94 bits per heavy atom. The third-order valence-corrected chi connectivity index (χ3v) is 2.86. The molecule has 0 aliphatic rings.